The van der Waals surface area contributed by atoms with Crippen molar-refractivity contribution in [3.05, 3.63) is 84.0 Å². The number of benzene rings is 2. The summed E-state index contributed by atoms with van der Waals surface area (Å²) in [4.78, 5) is 21.9. The van der Waals surface area contributed by atoms with Crippen LogP contribution < -0.4 is 5.32 Å². The van der Waals surface area contributed by atoms with Gasteiger partial charge in [-0.3, -0.25) is 9.78 Å². The van der Waals surface area contributed by atoms with E-state index >= 15 is 0 Å². The minimum atomic E-state index is -3.53. The van der Waals surface area contributed by atoms with Crippen LogP contribution in [0.4, 0.5) is 5.69 Å². The molecule has 2 aromatic carbocycles. The van der Waals surface area contributed by atoms with Crippen LogP contribution in [-0.2, 0) is 10.0 Å². The number of thiazole rings is 1. The molecule has 2 aromatic heterocycles. The lowest BCUT2D eigenvalue weighted by atomic mass is 10.1. The lowest BCUT2D eigenvalue weighted by Crippen LogP contribution is -2.35. The third-order valence-electron chi connectivity index (χ3n) is 5.90. The number of aromatic nitrogens is 2. The maximum Gasteiger partial charge on any atom is 0.255 e. The van der Waals surface area contributed by atoms with Gasteiger partial charge in [-0.25, -0.2) is 13.4 Å². The smallest absolute Gasteiger partial charge is 0.255 e. The number of nitrogens with zero attached hydrogens (tertiary/aromatic N) is 3. The van der Waals surface area contributed by atoms with Crippen LogP contribution in [0.3, 0.4) is 0 Å². The Labute approximate surface area is 208 Å². The molecule has 0 unspecified atom stereocenters. The molecule has 1 amide bonds. The van der Waals surface area contributed by atoms with E-state index in [1.807, 2.05) is 41.8 Å². The molecule has 1 fully saturated rings. The second kappa shape index (κ2) is 10.1. The largest absolute Gasteiger partial charge is 0.322 e. The van der Waals surface area contributed by atoms with Crippen LogP contribution in [0.2, 0.25) is 0 Å². The average Bonchev–Trinajstić information content (AvgIpc) is 3.41. The van der Waals surface area contributed by atoms with Crippen molar-refractivity contribution in [1.29, 1.82) is 0 Å². The fourth-order valence-corrected chi connectivity index (χ4v) is 6.36. The van der Waals surface area contributed by atoms with Gasteiger partial charge < -0.3 is 5.32 Å². The summed E-state index contributed by atoms with van der Waals surface area (Å²) in [5, 5.41) is 5.75. The highest BCUT2D eigenvalue weighted by molar-refractivity contribution is 7.89. The Kier molecular flexibility index (Phi) is 6.72. The summed E-state index contributed by atoms with van der Waals surface area (Å²) in [5.74, 6) is -0.307. The van der Waals surface area contributed by atoms with E-state index in [0.29, 0.717) is 24.3 Å². The lowest BCUT2D eigenvalue weighted by molar-refractivity contribution is 0.102. The number of piperidine rings is 1. The highest BCUT2D eigenvalue weighted by Crippen LogP contribution is 2.30. The molecule has 5 rings (SSSR count). The van der Waals surface area contributed by atoms with Gasteiger partial charge >= 0.3 is 0 Å². The minimum absolute atomic E-state index is 0.214. The van der Waals surface area contributed by atoms with Crippen LogP contribution in [0, 0.1) is 0 Å². The summed E-state index contributed by atoms with van der Waals surface area (Å²) in [5.41, 5.74) is 3.68. The van der Waals surface area contributed by atoms with Crippen LogP contribution in [0.25, 0.3) is 21.8 Å². The van der Waals surface area contributed by atoms with Crippen molar-refractivity contribution in [1.82, 2.24) is 14.3 Å². The van der Waals surface area contributed by atoms with Crippen LogP contribution in [0.15, 0.2) is 83.3 Å². The first-order valence-electron chi connectivity index (χ1n) is 11.4. The first kappa shape index (κ1) is 23.3. The minimum Gasteiger partial charge on any atom is -0.322 e. The van der Waals surface area contributed by atoms with E-state index in [1.54, 1.807) is 24.5 Å². The van der Waals surface area contributed by atoms with Crippen molar-refractivity contribution in [3.63, 3.8) is 0 Å². The number of nitrogens with one attached hydrogen (secondary N) is 1. The summed E-state index contributed by atoms with van der Waals surface area (Å²) in [6.07, 6.45) is 6.32. The highest BCUT2D eigenvalue weighted by Gasteiger charge is 2.26. The molecule has 1 N–H and O–H groups in total. The Morgan fingerprint density at radius 1 is 0.943 bits per heavy atom. The molecule has 1 saturated heterocycles. The quantitative estimate of drug-likeness (QED) is 0.385. The molecule has 178 valence electrons. The average molecular weight is 505 g/mol. The van der Waals surface area contributed by atoms with E-state index in [1.165, 1.54) is 27.8 Å². The van der Waals surface area contributed by atoms with Crippen LogP contribution in [0.5, 0.6) is 0 Å². The van der Waals surface area contributed by atoms with E-state index in [4.69, 9.17) is 4.98 Å². The standard InChI is InChI=1S/C26H24N4O3S2/c31-25(19-9-11-23(12-10-19)35(32,33)30-14-2-1-3-15-30)28-22-8-4-6-20(16-22)24-18-34-26(29-24)21-7-5-13-27-17-21/h4-13,16-18H,1-3,14-15H2,(H,28,31). The Morgan fingerprint density at radius 3 is 2.46 bits per heavy atom. The van der Waals surface area contributed by atoms with Gasteiger partial charge in [0.25, 0.3) is 5.91 Å². The first-order valence-corrected chi connectivity index (χ1v) is 13.7. The second-order valence-corrected chi connectivity index (χ2v) is 11.1. The SMILES string of the molecule is O=C(Nc1cccc(-c2csc(-c3cccnc3)n2)c1)c1ccc(S(=O)(=O)N2CCCCC2)cc1. The van der Waals surface area contributed by atoms with Crippen molar-refractivity contribution in [3.8, 4) is 21.8 Å². The van der Waals surface area contributed by atoms with E-state index in [9.17, 15) is 13.2 Å². The Hall–Kier alpha value is -3.40. The zero-order valence-corrected chi connectivity index (χ0v) is 20.6. The molecule has 0 spiro atoms. The Balaban J connectivity index is 1.29. The van der Waals surface area contributed by atoms with Gasteiger partial charge in [-0.05, 0) is 61.4 Å². The summed E-state index contributed by atoms with van der Waals surface area (Å²) < 4.78 is 27.2. The van der Waals surface area contributed by atoms with Crippen LogP contribution in [0.1, 0.15) is 29.6 Å². The summed E-state index contributed by atoms with van der Waals surface area (Å²) in [6.45, 7) is 1.09. The molecular weight excluding hydrogens is 480 g/mol. The number of amides is 1. The van der Waals surface area contributed by atoms with Gasteiger partial charge in [0, 0.05) is 53.2 Å². The molecule has 0 saturated carbocycles. The monoisotopic (exact) mass is 504 g/mol. The van der Waals surface area contributed by atoms with Crippen molar-refractivity contribution < 1.29 is 13.2 Å². The van der Waals surface area contributed by atoms with Crippen molar-refractivity contribution in [2.45, 2.75) is 24.2 Å². The third kappa shape index (κ3) is 5.17. The number of hydrogen-bond donors (Lipinski definition) is 1. The van der Waals surface area contributed by atoms with Gasteiger partial charge in [-0.15, -0.1) is 11.3 Å². The number of anilines is 1. The van der Waals surface area contributed by atoms with Crippen LogP contribution >= 0.6 is 11.3 Å². The Bertz CT molecular complexity index is 1430. The highest BCUT2D eigenvalue weighted by atomic mass is 32.2. The fourth-order valence-electron chi connectivity index (χ4n) is 4.02. The molecule has 7 nitrogen and oxygen atoms in total. The predicted molar refractivity (Wildman–Crippen MR) is 138 cm³/mol. The number of hydrogen-bond acceptors (Lipinski definition) is 6. The summed E-state index contributed by atoms with van der Waals surface area (Å²) >= 11 is 1.54. The van der Waals surface area contributed by atoms with Gasteiger partial charge in [0.15, 0.2) is 0 Å². The molecule has 4 aromatic rings. The number of sulfonamides is 1. The van der Waals surface area contributed by atoms with E-state index in [-0.39, 0.29) is 10.8 Å². The molecule has 0 atom stereocenters. The maximum absolute atomic E-state index is 12.8. The summed E-state index contributed by atoms with van der Waals surface area (Å²) in [6, 6.07) is 17.4. The van der Waals surface area contributed by atoms with E-state index in [2.05, 4.69) is 10.3 Å². The van der Waals surface area contributed by atoms with Gasteiger partial charge in [0.2, 0.25) is 10.0 Å². The molecule has 35 heavy (non-hydrogen) atoms. The van der Waals surface area contributed by atoms with Gasteiger partial charge in [-0.2, -0.15) is 4.31 Å². The number of pyridine rings is 1. The fraction of sp³-hybridized carbons (Fsp3) is 0.192. The number of rotatable bonds is 6. The number of carbonyl (C=O) groups is 1. The van der Waals surface area contributed by atoms with Crippen LogP contribution in [-0.4, -0.2) is 41.7 Å². The van der Waals surface area contributed by atoms with Crippen molar-refractivity contribution in [2.24, 2.45) is 0 Å². The van der Waals surface area contributed by atoms with Crippen molar-refractivity contribution in [2.75, 3.05) is 18.4 Å². The molecule has 3 heterocycles. The van der Waals surface area contributed by atoms with Gasteiger partial charge in [-0.1, -0.05) is 18.6 Å². The topological polar surface area (TPSA) is 92.3 Å². The molecule has 1 aliphatic heterocycles. The third-order valence-corrected chi connectivity index (χ3v) is 8.70. The summed E-state index contributed by atoms with van der Waals surface area (Å²) in [7, 11) is -3.53. The molecule has 9 heteroatoms. The first-order chi connectivity index (χ1) is 17.0. The molecule has 1 aliphatic rings. The zero-order chi connectivity index (χ0) is 24.3. The molecule has 0 bridgehead atoms. The normalized spacial score (nSPS) is 14.5. The molecule has 0 aliphatic carbocycles. The van der Waals surface area contributed by atoms with Gasteiger partial charge in [0.05, 0.1) is 10.6 Å². The predicted octanol–water partition coefficient (Wildman–Crippen LogP) is 5.30. The van der Waals surface area contributed by atoms with E-state index in [0.717, 1.165) is 41.1 Å². The zero-order valence-electron chi connectivity index (χ0n) is 18.9. The molecule has 0 radical (unpaired) electrons. The number of carbonyl (C=O) groups excluding carboxylic acids is 1. The molecular formula is C26H24N4O3S2. The lowest BCUT2D eigenvalue weighted by Gasteiger charge is -2.25. The maximum atomic E-state index is 12.8. The van der Waals surface area contributed by atoms with Crippen molar-refractivity contribution >= 4 is 33.0 Å². The van der Waals surface area contributed by atoms with Gasteiger partial charge in [0.1, 0.15) is 5.01 Å². The second-order valence-electron chi connectivity index (χ2n) is 8.30. The van der Waals surface area contributed by atoms with E-state index < -0.39 is 10.0 Å². The Morgan fingerprint density at radius 2 is 1.71 bits per heavy atom.